The van der Waals surface area contributed by atoms with Crippen molar-refractivity contribution in [2.45, 2.75) is 13.0 Å². The number of hydrogen-bond acceptors (Lipinski definition) is 6. The number of aromatic hydroxyl groups is 1. The maximum Gasteiger partial charge on any atom is 0.338 e. The Morgan fingerprint density at radius 1 is 1.25 bits per heavy atom. The van der Waals surface area contributed by atoms with Crippen molar-refractivity contribution in [1.82, 2.24) is 5.32 Å². The molecule has 3 rings (SSSR count). The van der Waals surface area contributed by atoms with Gasteiger partial charge in [-0.25, -0.2) is 4.79 Å². The molecule has 2 aromatic rings. The van der Waals surface area contributed by atoms with Gasteiger partial charge in [0.2, 0.25) is 0 Å². The molecule has 8 nitrogen and oxygen atoms in total. The standard InChI is InChI=1S/C20H20N2O6/c1-12-7-8-13(9-15(12)23)20(26)27-11-18(24)22-10-17(19(25)21-2)28-16-6-4-3-5-14(16)22/h3-9,17,23H,10-11H2,1-2H3,(H,21,25). The van der Waals surface area contributed by atoms with Gasteiger partial charge < -0.3 is 24.8 Å². The molecule has 8 heteroatoms. The highest BCUT2D eigenvalue weighted by Gasteiger charge is 2.33. The number of fused-ring (bicyclic) bond motifs is 1. The van der Waals surface area contributed by atoms with E-state index in [4.69, 9.17) is 9.47 Å². The molecule has 1 heterocycles. The lowest BCUT2D eigenvalue weighted by molar-refractivity contribution is -0.128. The summed E-state index contributed by atoms with van der Waals surface area (Å²) >= 11 is 0. The fourth-order valence-corrected chi connectivity index (χ4v) is 2.79. The van der Waals surface area contributed by atoms with Crippen LogP contribution in [0.5, 0.6) is 11.5 Å². The fourth-order valence-electron chi connectivity index (χ4n) is 2.79. The summed E-state index contributed by atoms with van der Waals surface area (Å²) in [5.74, 6) is -1.22. The van der Waals surface area contributed by atoms with E-state index in [0.29, 0.717) is 17.0 Å². The molecule has 0 aromatic heterocycles. The second kappa shape index (κ2) is 7.99. The Kier molecular flexibility index (Phi) is 5.49. The summed E-state index contributed by atoms with van der Waals surface area (Å²) in [5, 5.41) is 12.2. The van der Waals surface area contributed by atoms with E-state index in [1.54, 1.807) is 37.3 Å². The lowest BCUT2D eigenvalue weighted by Crippen LogP contribution is -2.51. The number of rotatable bonds is 4. The van der Waals surface area contributed by atoms with Crippen LogP contribution in [0.2, 0.25) is 0 Å². The molecule has 0 spiro atoms. The molecule has 1 unspecified atom stereocenters. The second-order valence-corrected chi connectivity index (χ2v) is 6.27. The molecule has 1 aliphatic heterocycles. The van der Waals surface area contributed by atoms with Crippen LogP contribution < -0.4 is 15.0 Å². The van der Waals surface area contributed by atoms with Gasteiger partial charge in [-0.05, 0) is 36.8 Å². The number of phenols is 1. The van der Waals surface area contributed by atoms with Crippen molar-refractivity contribution in [2.75, 3.05) is 25.1 Å². The van der Waals surface area contributed by atoms with Gasteiger partial charge in [0, 0.05) is 7.05 Å². The summed E-state index contributed by atoms with van der Waals surface area (Å²) in [6.07, 6.45) is -0.867. The van der Waals surface area contributed by atoms with Gasteiger partial charge in [0.25, 0.3) is 11.8 Å². The minimum atomic E-state index is -0.867. The Morgan fingerprint density at radius 2 is 2.00 bits per heavy atom. The van der Waals surface area contributed by atoms with Gasteiger partial charge in [-0.1, -0.05) is 18.2 Å². The Morgan fingerprint density at radius 3 is 2.71 bits per heavy atom. The minimum absolute atomic E-state index is 0.00160. The van der Waals surface area contributed by atoms with Crippen molar-refractivity contribution in [3.63, 3.8) is 0 Å². The van der Waals surface area contributed by atoms with Gasteiger partial charge in [-0.3, -0.25) is 9.59 Å². The summed E-state index contributed by atoms with van der Waals surface area (Å²) in [5.41, 5.74) is 1.26. The SMILES string of the molecule is CNC(=O)C1CN(C(=O)COC(=O)c2ccc(C)c(O)c2)c2ccccc2O1. The van der Waals surface area contributed by atoms with Crippen molar-refractivity contribution in [3.05, 3.63) is 53.6 Å². The minimum Gasteiger partial charge on any atom is -0.508 e. The number of para-hydroxylation sites is 2. The van der Waals surface area contributed by atoms with Crippen molar-refractivity contribution < 1.29 is 29.0 Å². The topological polar surface area (TPSA) is 105 Å². The predicted octanol–water partition coefficient (Wildman–Crippen LogP) is 1.40. The van der Waals surface area contributed by atoms with Gasteiger partial charge in [0.05, 0.1) is 17.8 Å². The van der Waals surface area contributed by atoms with E-state index >= 15 is 0 Å². The molecule has 28 heavy (non-hydrogen) atoms. The number of anilines is 1. The molecule has 2 amide bonds. The Balaban J connectivity index is 1.73. The van der Waals surface area contributed by atoms with E-state index in [0.717, 1.165) is 0 Å². The van der Waals surface area contributed by atoms with Crippen LogP contribution >= 0.6 is 0 Å². The van der Waals surface area contributed by atoms with Crippen LogP contribution in [0.3, 0.4) is 0 Å². The average molecular weight is 384 g/mol. The molecular weight excluding hydrogens is 364 g/mol. The van der Waals surface area contributed by atoms with Gasteiger partial charge in [0.15, 0.2) is 12.7 Å². The fraction of sp³-hybridized carbons (Fsp3) is 0.250. The molecule has 0 bridgehead atoms. The number of benzene rings is 2. The third-order valence-electron chi connectivity index (χ3n) is 4.39. The molecule has 2 aromatic carbocycles. The van der Waals surface area contributed by atoms with Crippen molar-refractivity contribution in [3.8, 4) is 11.5 Å². The second-order valence-electron chi connectivity index (χ2n) is 6.27. The van der Waals surface area contributed by atoms with Crippen molar-refractivity contribution in [2.24, 2.45) is 0 Å². The lowest BCUT2D eigenvalue weighted by atomic mass is 10.1. The number of nitrogens with zero attached hydrogens (tertiary/aromatic N) is 1. The van der Waals surface area contributed by atoms with Crippen LogP contribution in [-0.2, 0) is 14.3 Å². The molecule has 1 aliphatic rings. The highest BCUT2D eigenvalue weighted by molar-refractivity contribution is 5.99. The number of carbonyl (C=O) groups excluding carboxylic acids is 3. The average Bonchev–Trinajstić information content (AvgIpc) is 2.72. The number of amides is 2. The molecule has 2 N–H and O–H groups in total. The van der Waals surface area contributed by atoms with Crippen molar-refractivity contribution >= 4 is 23.5 Å². The lowest BCUT2D eigenvalue weighted by Gasteiger charge is -2.33. The first kappa shape index (κ1) is 19.2. The quantitative estimate of drug-likeness (QED) is 0.772. The Labute approximate surface area is 161 Å². The van der Waals surface area contributed by atoms with Crippen LogP contribution in [0.4, 0.5) is 5.69 Å². The van der Waals surface area contributed by atoms with E-state index in [1.807, 2.05) is 0 Å². The number of likely N-dealkylation sites (N-methyl/N-ethyl adjacent to an activating group) is 1. The molecule has 0 saturated carbocycles. The van der Waals surface area contributed by atoms with E-state index in [9.17, 15) is 19.5 Å². The van der Waals surface area contributed by atoms with Gasteiger partial charge in [-0.15, -0.1) is 0 Å². The van der Waals surface area contributed by atoms with Crippen LogP contribution in [0, 0.1) is 6.92 Å². The van der Waals surface area contributed by atoms with E-state index in [-0.39, 0.29) is 23.8 Å². The molecule has 0 aliphatic carbocycles. The molecule has 0 radical (unpaired) electrons. The summed E-state index contributed by atoms with van der Waals surface area (Å²) < 4.78 is 10.7. The van der Waals surface area contributed by atoms with Crippen LogP contribution in [0.15, 0.2) is 42.5 Å². The zero-order chi connectivity index (χ0) is 20.3. The summed E-state index contributed by atoms with van der Waals surface area (Å²) in [7, 11) is 1.48. The number of aryl methyl sites for hydroxylation is 1. The number of nitrogens with one attached hydrogen (secondary N) is 1. The monoisotopic (exact) mass is 384 g/mol. The predicted molar refractivity (Wildman–Crippen MR) is 100 cm³/mol. The highest BCUT2D eigenvalue weighted by atomic mass is 16.5. The number of esters is 1. The molecule has 0 fully saturated rings. The number of hydrogen-bond donors (Lipinski definition) is 2. The Bertz CT molecular complexity index is 927. The summed E-state index contributed by atoms with van der Waals surface area (Å²) in [6.45, 7) is 1.19. The largest absolute Gasteiger partial charge is 0.508 e. The third-order valence-corrected chi connectivity index (χ3v) is 4.39. The van der Waals surface area contributed by atoms with E-state index < -0.39 is 24.6 Å². The number of phenolic OH excluding ortho intramolecular Hbond substituents is 1. The highest BCUT2D eigenvalue weighted by Crippen LogP contribution is 2.33. The normalized spacial score (nSPS) is 15.2. The van der Waals surface area contributed by atoms with Crippen LogP contribution in [0.25, 0.3) is 0 Å². The first-order valence-corrected chi connectivity index (χ1v) is 8.65. The molecular formula is C20H20N2O6. The Hall–Kier alpha value is -3.55. The number of carbonyl (C=O) groups is 3. The van der Waals surface area contributed by atoms with Crippen LogP contribution in [0.1, 0.15) is 15.9 Å². The van der Waals surface area contributed by atoms with Crippen LogP contribution in [-0.4, -0.2) is 49.2 Å². The van der Waals surface area contributed by atoms with Gasteiger partial charge in [0.1, 0.15) is 11.5 Å². The molecule has 0 saturated heterocycles. The van der Waals surface area contributed by atoms with Gasteiger partial charge in [-0.2, -0.15) is 0 Å². The maximum absolute atomic E-state index is 12.7. The number of ether oxygens (including phenoxy) is 2. The van der Waals surface area contributed by atoms with E-state index in [2.05, 4.69) is 5.32 Å². The van der Waals surface area contributed by atoms with E-state index in [1.165, 1.54) is 24.1 Å². The zero-order valence-corrected chi connectivity index (χ0v) is 15.5. The van der Waals surface area contributed by atoms with Gasteiger partial charge >= 0.3 is 5.97 Å². The molecule has 1 atom stereocenters. The first-order chi connectivity index (χ1) is 13.4. The zero-order valence-electron chi connectivity index (χ0n) is 15.5. The summed E-state index contributed by atoms with van der Waals surface area (Å²) in [4.78, 5) is 38.2. The van der Waals surface area contributed by atoms with Crippen molar-refractivity contribution in [1.29, 1.82) is 0 Å². The first-order valence-electron chi connectivity index (χ1n) is 8.65. The summed E-state index contributed by atoms with van der Waals surface area (Å²) in [6, 6.07) is 11.2. The molecule has 146 valence electrons. The smallest absolute Gasteiger partial charge is 0.338 e. The maximum atomic E-state index is 12.7. The third kappa shape index (κ3) is 3.90.